The number of anilines is 1. The second-order valence-corrected chi connectivity index (χ2v) is 4.99. The molecule has 92 valence electrons. The van der Waals surface area contributed by atoms with Crippen molar-refractivity contribution < 1.29 is 4.79 Å². The van der Waals surface area contributed by atoms with E-state index in [0.717, 1.165) is 36.4 Å². The van der Waals surface area contributed by atoms with Gasteiger partial charge in [0.1, 0.15) is 0 Å². The predicted octanol–water partition coefficient (Wildman–Crippen LogP) is 1.20. The van der Waals surface area contributed by atoms with Crippen molar-refractivity contribution in [3.8, 4) is 0 Å². The molecule has 0 atom stereocenters. The smallest absolute Gasteiger partial charge is 0.225 e. The molecule has 17 heavy (non-hydrogen) atoms. The van der Waals surface area contributed by atoms with Gasteiger partial charge in [0.05, 0.1) is 4.47 Å². The summed E-state index contributed by atoms with van der Waals surface area (Å²) in [5, 5.41) is 2.70. The molecule has 1 aliphatic heterocycles. The van der Waals surface area contributed by atoms with Gasteiger partial charge in [-0.05, 0) is 28.8 Å². The first kappa shape index (κ1) is 12.3. The number of rotatable bonds is 2. The lowest BCUT2D eigenvalue weighted by molar-refractivity contribution is -0.125. The minimum atomic E-state index is 0.131. The zero-order chi connectivity index (χ0) is 12.3. The van der Waals surface area contributed by atoms with E-state index >= 15 is 0 Å². The summed E-state index contributed by atoms with van der Waals surface area (Å²) in [5.74, 6) is 1.01. The molecule has 0 unspecified atom stereocenters. The third-order valence-electron chi connectivity index (χ3n) is 3.00. The topological polar surface area (TPSA) is 58.1 Å². The molecule has 1 aromatic heterocycles. The third kappa shape index (κ3) is 2.94. The van der Waals surface area contributed by atoms with Crippen LogP contribution in [0.5, 0.6) is 0 Å². The van der Waals surface area contributed by atoms with E-state index in [4.69, 9.17) is 0 Å². The first-order valence-corrected chi connectivity index (χ1v) is 6.44. The van der Waals surface area contributed by atoms with Gasteiger partial charge in [-0.1, -0.05) is 0 Å². The molecule has 0 saturated carbocycles. The van der Waals surface area contributed by atoms with Crippen molar-refractivity contribution >= 4 is 27.8 Å². The maximum absolute atomic E-state index is 11.5. The molecule has 0 radical (unpaired) electrons. The molecule has 1 saturated heterocycles. The summed E-state index contributed by atoms with van der Waals surface area (Å²) in [6.07, 6.45) is 5.21. The summed E-state index contributed by atoms with van der Waals surface area (Å²) >= 11 is 3.31. The zero-order valence-corrected chi connectivity index (χ0v) is 11.3. The molecule has 1 aliphatic rings. The Labute approximate surface area is 109 Å². The Morgan fingerprint density at radius 1 is 1.41 bits per heavy atom. The second-order valence-electron chi connectivity index (χ2n) is 4.08. The molecule has 0 aliphatic carbocycles. The lowest BCUT2D eigenvalue weighted by Gasteiger charge is -2.30. The van der Waals surface area contributed by atoms with Crippen LogP contribution >= 0.6 is 15.9 Å². The number of aromatic nitrogens is 2. The fourth-order valence-corrected chi connectivity index (χ4v) is 2.22. The van der Waals surface area contributed by atoms with Gasteiger partial charge < -0.3 is 10.2 Å². The van der Waals surface area contributed by atoms with Crippen molar-refractivity contribution in [1.29, 1.82) is 0 Å². The van der Waals surface area contributed by atoms with Gasteiger partial charge in [-0.3, -0.25) is 4.79 Å². The number of nitrogens with zero attached hydrogens (tertiary/aromatic N) is 3. The highest BCUT2D eigenvalue weighted by molar-refractivity contribution is 9.10. The summed E-state index contributed by atoms with van der Waals surface area (Å²) in [7, 11) is 1.69. The number of amides is 1. The standard InChI is InChI=1S/C11H15BrN4O/c1-13-10(17)8-2-4-16(5-3-8)11-14-6-9(12)7-15-11/h6-8H,2-5H2,1H3,(H,13,17). The Morgan fingerprint density at radius 3 is 2.53 bits per heavy atom. The molecule has 1 aromatic rings. The molecule has 1 N–H and O–H groups in total. The van der Waals surface area contributed by atoms with Crippen molar-refractivity contribution in [3.63, 3.8) is 0 Å². The SMILES string of the molecule is CNC(=O)C1CCN(c2ncc(Br)cn2)CC1. The lowest BCUT2D eigenvalue weighted by Crippen LogP contribution is -2.40. The fourth-order valence-electron chi connectivity index (χ4n) is 2.01. The molecule has 1 amide bonds. The number of nitrogens with one attached hydrogen (secondary N) is 1. The lowest BCUT2D eigenvalue weighted by atomic mass is 9.96. The number of hydrogen-bond acceptors (Lipinski definition) is 4. The minimum absolute atomic E-state index is 0.131. The van der Waals surface area contributed by atoms with Crippen molar-refractivity contribution in [2.75, 3.05) is 25.0 Å². The van der Waals surface area contributed by atoms with Crippen LogP contribution in [0.15, 0.2) is 16.9 Å². The first-order valence-electron chi connectivity index (χ1n) is 5.65. The monoisotopic (exact) mass is 298 g/mol. The van der Waals surface area contributed by atoms with Crippen LogP contribution in [0.1, 0.15) is 12.8 Å². The molecular formula is C11H15BrN4O. The van der Waals surface area contributed by atoms with Crippen LogP contribution in [0.3, 0.4) is 0 Å². The average Bonchev–Trinajstić information content (AvgIpc) is 2.39. The zero-order valence-electron chi connectivity index (χ0n) is 9.69. The van der Waals surface area contributed by atoms with Crippen molar-refractivity contribution in [3.05, 3.63) is 16.9 Å². The molecular weight excluding hydrogens is 284 g/mol. The number of carbonyl (C=O) groups excluding carboxylic acids is 1. The van der Waals surface area contributed by atoms with Crippen molar-refractivity contribution in [2.24, 2.45) is 5.92 Å². The summed E-state index contributed by atoms with van der Waals surface area (Å²) in [5.41, 5.74) is 0. The average molecular weight is 299 g/mol. The Kier molecular flexibility index (Phi) is 3.93. The van der Waals surface area contributed by atoms with E-state index in [2.05, 4.69) is 36.1 Å². The molecule has 0 spiro atoms. The fraction of sp³-hybridized carbons (Fsp3) is 0.545. The van der Waals surface area contributed by atoms with Gasteiger partial charge in [0.25, 0.3) is 0 Å². The van der Waals surface area contributed by atoms with Crippen LogP contribution < -0.4 is 10.2 Å². The normalized spacial score (nSPS) is 16.9. The molecule has 0 aromatic carbocycles. The van der Waals surface area contributed by atoms with Gasteiger partial charge >= 0.3 is 0 Å². The van der Waals surface area contributed by atoms with Gasteiger partial charge in [0.15, 0.2) is 0 Å². The number of hydrogen-bond donors (Lipinski definition) is 1. The Bertz CT molecular complexity index is 387. The first-order chi connectivity index (χ1) is 8.20. The Morgan fingerprint density at radius 2 is 2.00 bits per heavy atom. The highest BCUT2D eigenvalue weighted by Gasteiger charge is 2.25. The second kappa shape index (κ2) is 5.44. The van der Waals surface area contributed by atoms with E-state index in [-0.39, 0.29) is 11.8 Å². The quantitative estimate of drug-likeness (QED) is 0.891. The summed E-state index contributed by atoms with van der Waals surface area (Å²) in [6, 6.07) is 0. The van der Waals surface area contributed by atoms with E-state index < -0.39 is 0 Å². The summed E-state index contributed by atoms with van der Waals surface area (Å²) in [6.45, 7) is 1.67. The Balaban J connectivity index is 1.95. The van der Waals surface area contributed by atoms with Gasteiger partial charge in [-0.2, -0.15) is 0 Å². The van der Waals surface area contributed by atoms with Gasteiger partial charge in [-0.15, -0.1) is 0 Å². The van der Waals surface area contributed by atoms with E-state index in [9.17, 15) is 4.79 Å². The van der Waals surface area contributed by atoms with Crippen LogP contribution in [0.25, 0.3) is 0 Å². The van der Waals surface area contributed by atoms with Crippen molar-refractivity contribution in [1.82, 2.24) is 15.3 Å². The highest BCUT2D eigenvalue weighted by atomic mass is 79.9. The van der Waals surface area contributed by atoms with Crippen LogP contribution in [-0.4, -0.2) is 36.0 Å². The van der Waals surface area contributed by atoms with E-state index in [1.807, 2.05) is 0 Å². The molecule has 2 heterocycles. The Hall–Kier alpha value is -1.17. The van der Waals surface area contributed by atoms with Gasteiger partial charge in [0, 0.05) is 38.4 Å². The molecule has 2 rings (SSSR count). The van der Waals surface area contributed by atoms with Crippen LogP contribution in [-0.2, 0) is 4.79 Å². The maximum atomic E-state index is 11.5. The maximum Gasteiger partial charge on any atom is 0.225 e. The predicted molar refractivity (Wildman–Crippen MR) is 68.7 cm³/mol. The van der Waals surface area contributed by atoms with Gasteiger partial charge in [-0.25, -0.2) is 9.97 Å². The highest BCUT2D eigenvalue weighted by Crippen LogP contribution is 2.21. The van der Waals surface area contributed by atoms with Crippen LogP contribution in [0.4, 0.5) is 5.95 Å². The van der Waals surface area contributed by atoms with Crippen LogP contribution in [0.2, 0.25) is 0 Å². The van der Waals surface area contributed by atoms with Crippen molar-refractivity contribution in [2.45, 2.75) is 12.8 Å². The van der Waals surface area contributed by atoms with Gasteiger partial charge in [0.2, 0.25) is 11.9 Å². The summed E-state index contributed by atoms with van der Waals surface area (Å²) < 4.78 is 0.876. The van der Waals surface area contributed by atoms with E-state index in [0.29, 0.717) is 0 Å². The van der Waals surface area contributed by atoms with E-state index in [1.54, 1.807) is 19.4 Å². The molecule has 0 bridgehead atoms. The molecule has 1 fully saturated rings. The number of carbonyl (C=O) groups is 1. The third-order valence-corrected chi connectivity index (χ3v) is 3.41. The van der Waals surface area contributed by atoms with E-state index in [1.165, 1.54) is 0 Å². The van der Waals surface area contributed by atoms with Crippen LogP contribution in [0, 0.1) is 5.92 Å². The molecule has 6 heteroatoms. The molecule has 5 nitrogen and oxygen atoms in total. The number of halogens is 1. The number of piperidine rings is 1. The largest absolute Gasteiger partial charge is 0.359 e. The summed E-state index contributed by atoms with van der Waals surface area (Å²) in [4.78, 5) is 22.1. The minimum Gasteiger partial charge on any atom is -0.359 e.